The second kappa shape index (κ2) is 8.60. The van der Waals surface area contributed by atoms with Crippen LogP contribution in [0.5, 0.6) is 0 Å². The number of fused-ring (bicyclic) bond motifs is 1. The highest BCUT2D eigenvalue weighted by atomic mass is 32.2. The first-order valence-electron chi connectivity index (χ1n) is 9.01. The summed E-state index contributed by atoms with van der Waals surface area (Å²) in [5, 5.41) is 5.63. The van der Waals surface area contributed by atoms with Crippen LogP contribution in [0.4, 0.5) is 5.95 Å². The monoisotopic (exact) mass is 371 g/mol. The third-order valence-corrected chi connectivity index (χ3v) is 5.11. The average Bonchev–Trinajstić information content (AvgIpc) is 3.15. The summed E-state index contributed by atoms with van der Waals surface area (Å²) in [5.74, 6) is 1.78. The van der Waals surface area contributed by atoms with E-state index in [4.69, 9.17) is 0 Å². The summed E-state index contributed by atoms with van der Waals surface area (Å²) >= 11 is 1.81. The molecule has 0 saturated carbocycles. The van der Waals surface area contributed by atoms with E-state index in [2.05, 4.69) is 81.4 Å². The van der Waals surface area contributed by atoms with Gasteiger partial charge in [-0.1, -0.05) is 72.8 Å². The third-order valence-electron chi connectivity index (χ3n) is 4.27. The van der Waals surface area contributed by atoms with Crippen molar-refractivity contribution in [1.82, 2.24) is 9.97 Å². The zero-order valence-corrected chi connectivity index (χ0v) is 15.7. The van der Waals surface area contributed by atoms with Crippen LogP contribution in [-0.4, -0.2) is 22.3 Å². The lowest BCUT2D eigenvalue weighted by Gasteiger charge is -2.08. The van der Waals surface area contributed by atoms with Crippen molar-refractivity contribution in [2.75, 3.05) is 17.6 Å². The van der Waals surface area contributed by atoms with Gasteiger partial charge in [-0.3, -0.25) is 0 Å². The summed E-state index contributed by atoms with van der Waals surface area (Å²) in [6.07, 6.45) is 0. The summed E-state index contributed by atoms with van der Waals surface area (Å²) in [7, 11) is 0. The third kappa shape index (κ3) is 4.41. The largest absolute Gasteiger partial charge is 0.355 e. The molecule has 0 aliphatic carbocycles. The lowest BCUT2D eigenvalue weighted by molar-refractivity contribution is 1.16. The molecule has 3 nitrogen and oxygen atoms in total. The number of benzene rings is 3. The van der Waals surface area contributed by atoms with Gasteiger partial charge in [0, 0.05) is 12.3 Å². The van der Waals surface area contributed by atoms with E-state index in [1.165, 1.54) is 16.7 Å². The van der Waals surface area contributed by atoms with Gasteiger partial charge in [0.05, 0.1) is 11.0 Å². The fourth-order valence-electron chi connectivity index (χ4n) is 2.95. The number of imidazole rings is 1. The van der Waals surface area contributed by atoms with Crippen LogP contribution in [-0.2, 0) is 0 Å². The molecule has 4 rings (SSSR count). The molecule has 0 fully saturated rings. The maximum absolute atomic E-state index is 4.55. The van der Waals surface area contributed by atoms with Crippen molar-refractivity contribution < 1.29 is 0 Å². The highest BCUT2D eigenvalue weighted by Crippen LogP contribution is 2.26. The van der Waals surface area contributed by atoms with E-state index < -0.39 is 0 Å². The Hall–Kier alpha value is -2.98. The number of nitrogens with one attached hydrogen (secondary N) is 2. The number of aromatic amines is 1. The maximum atomic E-state index is 4.55. The number of hydrogen-bond donors (Lipinski definition) is 2. The average molecular weight is 372 g/mol. The van der Waals surface area contributed by atoms with Gasteiger partial charge < -0.3 is 10.3 Å². The van der Waals surface area contributed by atoms with Gasteiger partial charge in [-0.15, -0.1) is 11.8 Å². The molecule has 0 aliphatic heterocycles. The zero-order valence-electron chi connectivity index (χ0n) is 14.9. The topological polar surface area (TPSA) is 40.7 Å². The fraction of sp³-hybridized carbons (Fsp3) is 0.0870. The van der Waals surface area contributed by atoms with Gasteiger partial charge >= 0.3 is 0 Å². The molecule has 0 amide bonds. The molecule has 27 heavy (non-hydrogen) atoms. The molecule has 0 atom stereocenters. The van der Waals surface area contributed by atoms with Crippen LogP contribution in [0.2, 0.25) is 0 Å². The summed E-state index contributed by atoms with van der Waals surface area (Å²) in [4.78, 5) is 7.85. The highest BCUT2D eigenvalue weighted by Gasteiger charge is 2.04. The lowest BCUT2D eigenvalue weighted by atomic mass is 10.00. The normalized spacial score (nSPS) is 10.7. The fourth-order valence-corrected chi connectivity index (χ4v) is 3.72. The molecule has 4 aromatic rings. The van der Waals surface area contributed by atoms with Crippen LogP contribution in [0.1, 0.15) is 11.1 Å². The molecule has 1 heterocycles. The number of aromatic nitrogens is 2. The van der Waals surface area contributed by atoms with Crippen molar-refractivity contribution in [2.45, 2.75) is 0 Å². The second-order valence-electron chi connectivity index (χ2n) is 6.16. The number of para-hydroxylation sites is 2. The van der Waals surface area contributed by atoms with E-state index >= 15 is 0 Å². The Kier molecular flexibility index (Phi) is 5.56. The van der Waals surface area contributed by atoms with Crippen LogP contribution < -0.4 is 5.32 Å². The van der Waals surface area contributed by atoms with Gasteiger partial charge in [0.1, 0.15) is 0 Å². The molecule has 0 spiro atoms. The minimum atomic E-state index is 0.826. The van der Waals surface area contributed by atoms with Crippen molar-refractivity contribution in [3.63, 3.8) is 0 Å². The molecule has 2 N–H and O–H groups in total. The molecule has 0 saturated heterocycles. The van der Waals surface area contributed by atoms with Gasteiger partial charge in [0.2, 0.25) is 5.95 Å². The SMILES string of the molecule is C(SCCNc1nc2ccccc2[nH]1)=C(c1ccccc1)c1ccccc1. The number of H-pyrrole nitrogens is 1. The van der Waals surface area contributed by atoms with Crippen molar-refractivity contribution in [2.24, 2.45) is 0 Å². The van der Waals surface area contributed by atoms with Crippen LogP contribution in [0.25, 0.3) is 16.6 Å². The Bertz CT molecular complexity index is 949. The number of nitrogens with zero attached hydrogens (tertiary/aromatic N) is 1. The van der Waals surface area contributed by atoms with Gasteiger partial charge in [-0.2, -0.15) is 0 Å². The van der Waals surface area contributed by atoms with Gasteiger partial charge in [-0.25, -0.2) is 4.98 Å². The van der Waals surface area contributed by atoms with Crippen molar-refractivity contribution in [1.29, 1.82) is 0 Å². The molecule has 0 unspecified atom stereocenters. The number of thioether (sulfide) groups is 1. The summed E-state index contributed by atoms with van der Waals surface area (Å²) in [5.41, 5.74) is 5.78. The standard InChI is InChI=1S/C23H21N3S/c1-3-9-18(10-4-1)20(19-11-5-2-6-12-19)17-27-16-15-24-23-25-21-13-7-8-14-22(21)26-23/h1-14,17H,15-16H2,(H2,24,25,26). The van der Waals surface area contributed by atoms with E-state index in [0.29, 0.717) is 0 Å². The Morgan fingerprint density at radius 1 is 0.852 bits per heavy atom. The molecule has 1 aromatic heterocycles. The van der Waals surface area contributed by atoms with Gasteiger partial charge in [0.25, 0.3) is 0 Å². The van der Waals surface area contributed by atoms with Crippen LogP contribution in [0.15, 0.2) is 90.3 Å². The smallest absolute Gasteiger partial charge is 0.201 e. The molecule has 3 aromatic carbocycles. The Labute approximate surface area is 163 Å². The van der Waals surface area contributed by atoms with E-state index in [-0.39, 0.29) is 0 Å². The van der Waals surface area contributed by atoms with Crippen LogP contribution >= 0.6 is 11.8 Å². The molecule has 4 heteroatoms. The van der Waals surface area contributed by atoms with Crippen molar-refractivity contribution in [3.8, 4) is 0 Å². The van der Waals surface area contributed by atoms with Crippen molar-refractivity contribution in [3.05, 3.63) is 101 Å². The first-order chi connectivity index (χ1) is 13.4. The first kappa shape index (κ1) is 17.4. The quantitative estimate of drug-likeness (QED) is 0.404. The first-order valence-corrected chi connectivity index (χ1v) is 10.1. The molecule has 0 aliphatic rings. The van der Waals surface area contributed by atoms with Crippen molar-refractivity contribution >= 4 is 34.3 Å². The highest BCUT2D eigenvalue weighted by molar-refractivity contribution is 8.02. The molecular formula is C23H21N3S. The molecule has 134 valence electrons. The minimum Gasteiger partial charge on any atom is -0.355 e. The molecular weight excluding hydrogens is 350 g/mol. The minimum absolute atomic E-state index is 0.826. The Balaban J connectivity index is 1.40. The summed E-state index contributed by atoms with van der Waals surface area (Å²) in [6.45, 7) is 0.845. The zero-order chi connectivity index (χ0) is 18.3. The summed E-state index contributed by atoms with van der Waals surface area (Å²) in [6, 6.07) is 29.1. The lowest BCUT2D eigenvalue weighted by Crippen LogP contribution is -2.04. The molecule has 0 radical (unpaired) electrons. The van der Waals surface area contributed by atoms with E-state index in [9.17, 15) is 0 Å². The van der Waals surface area contributed by atoms with E-state index in [1.807, 2.05) is 36.0 Å². The van der Waals surface area contributed by atoms with Crippen LogP contribution in [0.3, 0.4) is 0 Å². The predicted molar refractivity (Wildman–Crippen MR) is 117 cm³/mol. The van der Waals surface area contributed by atoms with Gasteiger partial charge in [-0.05, 0) is 34.2 Å². The second-order valence-corrected chi connectivity index (χ2v) is 7.14. The van der Waals surface area contributed by atoms with Gasteiger partial charge in [0.15, 0.2) is 0 Å². The number of anilines is 1. The van der Waals surface area contributed by atoms with Crippen LogP contribution in [0, 0.1) is 0 Å². The Morgan fingerprint density at radius 2 is 1.48 bits per heavy atom. The van der Waals surface area contributed by atoms with E-state index in [1.54, 1.807) is 0 Å². The maximum Gasteiger partial charge on any atom is 0.201 e. The Morgan fingerprint density at radius 3 is 2.15 bits per heavy atom. The van der Waals surface area contributed by atoms with E-state index in [0.717, 1.165) is 29.3 Å². The summed E-state index contributed by atoms with van der Waals surface area (Å²) < 4.78 is 0. The number of rotatable bonds is 7. The number of hydrogen-bond acceptors (Lipinski definition) is 3. The predicted octanol–water partition coefficient (Wildman–Crippen LogP) is 5.80. The molecule has 0 bridgehead atoms.